The van der Waals surface area contributed by atoms with Crippen LogP contribution in [0.15, 0.2) is 59.5 Å². The van der Waals surface area contributed by atoms with Crippen molar-refractivity contribution in [2.75, 3.05) is 12.6 Å². The summed E-state index contributed by atoms with van der Waals surface area (Å²) in [5, 5.41) is 0. The van der Waals surface area contributed by atoms with Gasteiger partial charge in [-0.25, -0.2) is 0 Å². The van der Waals surface area contributed by atoms with Crippen molar-refractivity contribution in [1.29, 1.82) is 0 Å². The van der Waals surface area contributed by atoms with Crippen molar-refractivity contribution in [3.8, 4) is 0 Å². The average molecular weight is 495 g/mol. The van der Waals surface area contributed by atoms with Crippen molar-refractivity contribution in [2.24, 2.45) is 0 Å². The Labute approximate surface area is 174 Å². The van der Waals surface area contributed by atoms with Gasteiger partial charge in [-0.3, -0.25) is 0 Å². The number of esters is 1. The number of ether oxygens (including phenoxy) is 1. The predicted octanol–water partition coefficient (Wildman–Crippen LogP) is 5.39. The van der Waals surface area contributed by atoms with E-state index >= 15 is 0 Å². The van der Waals surface area contributed by atoms with Gasteiger partial charge in [-0.15, -0.1) is 0 Å². The van der Waals surface area contributed by atoms with Crippen LogP contribution >= 0.6 is 19.8 Å². The van der Waals surface area contributed by atoms with Gasteiger partial charge in [0.05, 0.1) is 0 Å². The number of benzene rings is 2. The molecule has 1 aliphatic carbocycles. The molecule has 2 atom stereocenters. The summed E-state index contributed by atoms with van der Waals surface area (Å²) in [4.78, 5) is 13.0. The number of carbonyl (C=O) groups is 1. The first-order valence-corrected chi connectivity index (χ1v) is 15.0. The fourth-order valence-corrected chi connectivity index (χ4v) is 12.1. The van der Waals surface area contributed by atoms with Gasteiger partial charge in [0.25, 0.3) is 0 Å². The number of hydrogen-bond acceptors (Lipinski definition) is 2. The molecule has 0 spiro atoms. The van der Waals surface area contributed by atoms with Crippen molar-refractivity contribution in [2.45, 2.75) is 37.7 Å². The molecule has 144 valence electrons. The van der Waals surface area contributed by atoms with Gasteiger partial charge in [0, 0.05) is 0 Å². The van der Waals surface area contributed by atoms with E-state index in [1.165, 1.54) is 52.9 Å². The monoisotopic (exact) mass is 495 g/mol. The van der Waals surface area contributed by atoms with E-state index in [9.17, 15) is 4.79 Å². The molecule has 0 saturated carbocycles. The SMILES string of the molecule is CCI(C[SH+]c1ccc(C)cc1)C[C@@H]1c2ccccc2C=C[C@H]1OC(C)=O. The molecule has 0 heterocycles. The fraction of sp³-hybridized carbons (Fsp3) is 0.348. The van der Waals surface area contributed by atoms with E-state index in [0.717, 1.165) is 0 Å². The number of alkyl halides is 3. The molecule has 0 bridgehead atoms. The van der Waals surface area contributed by atoms with E-state index in [0.29, 0.717) is 5.92 Å². The molecule has 0 aliphatic heterocycles. The Morgan fingerprint density at radius 3 is 2.59 bits per heavy atom. The van der Waals surface area contributed by atoms with Crippen LogP contribution < -0.4 is 0 Å². The van der Waals surface area contributed by atoms with E-state index in [1.54, 1.807) is 0 Å². The quantitative estimate of drug-likeness (QED) is 0.169. The Morgan fingerprint density at radius 2 is 1.89 bits per heavy atom. The molecule has 0 saturated heterocycles. The first-order valence-electron chi connectivity index (χ1n) is 9.33. The molecule has 0 N–H and O–H groups in total. The Morgan fingerprint density at radius 1 is 1.15 bits per heavy atom. The second kappa shape index (κ2) is 9.78. The molecule has 2 nitrogen and oxygen atoms in total. The maximum atomic E-state index is 11.6. The number of thiol groups is 1. The number of hydrogen-bond donors (Lipinski definition) is 0. The topological polar surface area (TPSA) is 26.3 Å². The summed E-state index contributed by atoms with van der Waals surface area (Å²) in [5.74, 6) is 0.108. The van der Waals surface area contributed by atoms with Gasteiger partial charge < -0.3 is 0 Å². The Kier molecular flexibility index (Phi) is 7.41. The summed E-state index contributed by atoms with van der Waals surface area (Å²) >= 11 is 0.297. The van der Waals surface area contributed by atoms with E-state index in [-0.39, 0.29) is 12.1 Å². The third-order valence-corrected chi connectivity index (χ3v) is 14.2. The summed E-state index contributed by atoms with van der Waals surface area (Å²) in [6.45, 7) is 5.98. The van der Waals surface area contributed by atoms with Crippen LogP contribution in [-0.4, -0.2) is 24.7 Å². The minimum atomic E-state index is -1.15. The first kappa shape index (κ1) is 20.5. The van der Waals surface area contributed by atoms with Crippen molar-refractivity contribution in [3.63, 3.8) is 0 Å². The molecule has 27 heavy (non-hydrogen) atoms. The van der Waals surface area contributed by atoms with Crippen LogP contribution in [0, 0.1) is 6.92 Å². The van der Waals surface area contributed by atoms with Gasteiger partial charge in [0.15, 0.2) is 0 Å². The van der Waals surface area contributed by atoms with Crippen LogP contribution in [-0.2, 0) is 21.3 Å². The fourth-order valence-electron chi connectivity index (χ4n) is 3.28. The number of halogens is 1. The number of rotatable bonds is 7. The molecule has 3 rings (SSSR count). The number of aryl methyl sites for hydroxylation is 1. The summed E-state index contributed by atoms with van der Waals surface area (Å²) < 4.78 is 9.45. The number of carbonyl (C=O) groups excluding carboxylic acids is 1. The van der Waals surface area contributed by atoms with E-state index in [1.807, 2.05) is 0 Å². The summed E-state index contributed by atoms with van der Waals surface area (Å²) in [6, 6.07) is 17.5. The van der Waals surface area contributed by atoms with Crippen LogP contribution in [0.5, 0.6) is 0 Å². The minimum absolute atomic E-state index is 0.125. The molecule has 2 aromatic carbocycles. The van der Waals surface area contributed by atoms with Crippen LogP contribution in [0.2, 0.25) is 0 Å². The third-order valence-electron chi connectivity index (χ3n) is 4.77. The predicted molar refractivity (Wildman–Crippen MR) is 126 cm³/mol. The normalized spacial score (nSPS) is 18.7. The molecule has 0 unspecified atom stereocenters. The molecule has 2 aromatic rings. The van der Waals surface area contributed by atoms with Crippen molar-refractivity contribution in [3.05, 3.63) is 71.3 Å². The molecular formula is C23H28IO2S+. The van der Waals surface area contributed by atoms with Crippen molar-refractivity contribution in [1.82, 2.24) is 0 Å². The van der Waals surface area contributed by atoms with E-state index in [4.69, 9.17) is 4.74 Å². The molecule has 1 aliphatic rings. The van der Waals surface area contributed by atoms with Gasteiger partial charge in [-0.1, -0.05) is 0 Å². The van der Waals surface area contributed by atoms with E-state index in [2.05, 4.69) is 74.5 Å². The summed E-state index contributed by atoms with van der Waals surface area (Å²) in [5.41, 5.74) is 3.93. The average Bonchev–Trinajstić information content (AvgIpc) is 2.67. The third kappa shape index (κ3) is 5.61. The zero-order valence-electron chi connectivity index (χ0n) is 16.2. The summed E-state index contributed by atoms with van der Waals surface area (Å²) in [7, 11) is 0. The van der Waals surface area contributed by atoms with Gasteiger partial charge in [-0.05, 0) is 0 Å². The second-order valence-electron chi connectivity index (χ2n) is 6.77. The van der Waals surface area contributed by atoms with Crippen molar-refractivity contribution >= 4 is 43.6 Å². The zero-order valence-corrected chi connectivity index (χ0v) is 19.2. The van der Waals surface area contributed by atoms with Gasteiger partial charge in [0.2, 0.25) is 0 Å². The molecular weight excluding hydrogens is 467 g/mol. The van der Waals surface area contributed by atoms with Crippen LogP contribution in [0.3, 0.4) is 0 Å². The maximum absolute atomic E-state index is 11.6. The Balaban J connectivity index is 1.73. The number of fused-ring (bicyclic) bond motifs is 1. The van der Waals surface area contributed by atoms with E-state index < -0.39 is 19.8 Å². The molecule has 0 radical (unpaired) electrons. The Bertz CT molecular complexity index is 800. The van der Waals surface area contributed by atoms with Crippen LogP contribution in [0.4, 0.5) is 0 Å². The second-order valence-corrected chi connectivity index (χ2v) is 15.5. The van der Waals surface area contributed by atoms with Gasteiger partial charge in [0.1, 0.15) is 0 Å². The first-order chi connectivity index (χ1) is 13.1. The molecule has 4 heteroatoms. The van der Waals surface area contributed by atoms with Crippen LogP contribution in [0.1, 0.15) is 36.5 Å². The standard InChI is InChI=1S/C23H27IO2S/c1-4-24(16-27-20-12-9-17(2)10-13-20)15-22-21-8-6-5-7-19(21)11-14-23(22)26-18(3)25/h5-14,22-23H,4,15-16H2,1-3H3/p+1/t22-,23-/m1/s1. The van der Waals surface area contributed by atoms with Gasteiger partial charge >= 0.3 is 175 Å². The van der Waals surface area contributed by atoms with Gasteiger partial charge in [-0.2, -0.15) is 0 Å². The molecule has 0 fully saturated rings. The Hall–Kier alpha value is -1.27. The molecule has 0 amide bonds. The van der Waals surface area contributed by atoms with Crippen LogP contribution in [0.25, 0.3) is 6.08 Å². The zero-order chi connectivity index (χ0) is 19.2. The van der Waals surface area contributed by atoms with Crippen molar-refractivity contribution < 1.29 is 9.53 Å². The summed E-state index contributed by atoms with van der Waals surface area (Å²) in [6.07, 6.45) is 4.06. The molecule has 0 aromatic heterocycles.